The van der Waals surface area contributed by atoms with E-state index in [1.807, 2.05) is 0 Å². The maximum Gasteiger partial charge on any atom is 0.341 e. The van der Waals surface area contributed by atoms with E-state index in [0.717, 1.165) is 0 Å². The van der Waals surface area contributed by atoms with Crippen LogP contribution < -0.4 is 5.32 Å². The van der Waals surface area contributed by atoms with Gasteiger partial charge in [-0.2, -0.15) is 9.40 Å². The molecule has 0 bridgehead atoms. The van der Waals surface area contributed by atoms with Crippen LogP contribution in [0.4, 0.5) is 5.95 Å². The van der Waals surface area contributed by atoms with E-state index in [-0.39, 0.29) is 16.5 Å². The van der Waals surface area contributed by atoms with Crippen molar-refractivity contribution < 1.29 is 17.9 Å². The van der Waals surface area contributed by atoms with Crippen molar-refractivity contribution in [3.05, 3.63) is 30.4 Å². The number of hydrogen-bond donors (Lipinski definition) is 1. The Morgan fingerprint density at radius 2 is 1.88 bits per heavy atom. The first kappa shape index (κ1) is 18.3. The Balaban J connectivity index is 1.58. The predicted octanol–water partition coefficient (Wildman–Crippen LogP) is 0.262. The molecule has 2 aromatic heterocycles. The van der Waals surface area contributed by atoms with E-state index < -0.39 is 16.0 Å². The Kier molecular flexibility index (Phi) is 5.18. The van der Waals surface area contributed by atoms with Gasteiger partial charge in [0.25, 0.3) is 0 Å². The summed E-state index contributed by atoms with van der Waals surface area (Å²) in [7, 11) is -0.541. The number of aromatic nitrogens is 4. The topological polar surface area (TPSA) is 119 Å². The molecule has 0 spiro atoms. The predicted molar refractivity (Wildman–Crippen MR) is 92.0 cm³/mol. The highest BCUT2D eigenvalue weighted by molar-refractivity contribution is 7.89. The number of hydrogen-bond acceptors (Lipinski definition) is 8. The molecular weight excluding hydrogens is 360 g/mol. The second-order valence-electron chi connectivity index (χ2n) is 5.96. The van der Waals surface area contributed by atoms with Crippen LogP contribution in [0.3, 0.4) is 0 Å². The van der Waals surface area contributed by atoms with Gasteiger partial charge in [-0.25, -0.2) is 23.2 Å². The summed E-state index contributed by atoms with van der Waals surface area (Å²) in [5, 5.41) is 7.09. The highest BCUT2D eigenvalue weighted by Gasteiger charge is 2.30. The smallest absolute Gasteiger partial charge is 0.341 e. The maximum absolute atomic E-state index is 12.6. The second kappa shape index (κ2) is 7.38. The van der Waals surface area contributed by atoms with Gasteiger partial charge in [-0.05, 0) is 12.8 Å². The molecule has 140 valence electrons. The molecule has 1 fully saturated rings. The van der Waals surface area contributed by atoms with Gasteiger partial charge in [-0.1, -0.05) is 0 Å². The number of piperidine rings is 1. The van der Waals surface area contributed by atoms with Gasteiger partial charge in [0.2, 0.25) is 16.0 Å². The number of rotatable bonds is 5. The number of nitrogens with one attached hydrogen (secondary N) is 1. The van der Waals surface area contributed by atoms with Crippen LogP contribution in [-0.4, -0.2) is 64.7 Å². The minimum atomic E-state index is -3.52. The number of aryl methyl sites for hydroxylation is 1. The number of carbonyl (C=O) groups is 1. The minimum absolute atomic E-state index is 0.0549. The van der Waals surface area contributed by atoms with E-state index in [0.29, 0.717) is 31.9 Å². The van der Waals surface area contributed by atoms with Gasteiger partial charge in [0.15, 0.2) is 0 Å². The summed E-state index contributed by atoms with van der Waals surface area (Å²) in [6, 6.07) is 0.0549. The van der Waals surface area contributed by atoms with Gasteiger partial charge in [0.05, 0.1) is 18.9 Å². The van der Waals surface area contributed by atoms with E-state index in [1.54, 1.807) is 7.05 Å². The lowest BCUT2D eigenvalue weighted by atomic mass is 10.1. The lowest BCUT2D eigenvalue weighted by Crippen LogP contribution is -2.42. The first-order valence-electron chi connectivity index (χ1n) is 8.06. The molecule has 0 aliphatic carbocycles. The molecule has 0 saturated carbocycles. The monoisotopic (exact) mass is 380 g/mol. The molecule has 1 aliphatic rings. The van der Waals surface area contributed by atoms with Crippen LogP contribution in [0.2, 0.25) is 0 Å². The Bertz CT molecular complexity index is 872. The summed E-state index contributed by atoms with van der Waals surface area (Å²) in [6.07, 6.45) is 6.89. The molecule has 0 atom stereocenters. The first-order valence-corrected chi connectivity index (χ1v) is 9.50. The summed E-state index contributed by atoms with van der Waals surface area (Å²) in [6.45, 7) is 0.796. The lowest BCUT2D eigenvalue weighted by molar-refractivity contribution is 0.0600. The molecular formula is C15H20N6O4S. The minimum Gasteiger partial charge on any atom is -0.465 e. The van der Waals surface area contributed by atoms with E-state index in [4.69, 9.17) is 0 Å². The van der Waals surface area contributed by atoms with Gasteiger partial charge >= 0.3 is 5.97 Å². The lowest BCUT2D eigenvalue weighted by Gasteiger charge is -2.31. The molecule has 11 heteroatoms. The summed E-state index contributed by atoms with van der Waals surface area (Å²) >= 11 is 0. The Hall–Kier alpha value is -2.53. The van der Waals surface area contributed by atoms with Crippen molar-refractivity contribution in [2.75, 3.05) is 25.5 Å². The first-order chi connectivity index (χ1) is 12.4. The molecule has 0 aromatic carbocycles. The second-order valence-corrected chi connectivity index (χ2v) is 7.90. The van der Waals surface area contributed by atoms with Crippen molar-refractivity contribution in [3.63, 3.8) is 0 Å². The fourth-order valence-corrected chi connectivity index (χ4v) is 4.19. The normalized spacial score (nSPS) is 16.4. The summed E-state index contributed by atoms with van der Waals surface area (Å²) in [5.74, 6) is -0.100. The fraction of sp³-hybridized carbons (Fsp3) is 0.467. The van der Waals surface area contributed by atoms with Crippen LogP contribution in [0.1, 0.15) is 23.2 Å². The number of methoxy groups -OCH3 is 1. The third kappa shape index (κ3) is 3.83. The van der Waals surface area contributed by atoms with E-state index >= 15 is 0 Å². The summed E-state index contributed by atoms with van der Waals surface area (Å²) < 4.78 is 32.7. The van der Waals surface area contributed by atoms with Crippen LogP contribution in [-0.2, 0) is 21.8 Å². The van der Waals surface area contributed by atoms with Crippen molar-refractivity contribution in [2.24, 2.45) is 7.05 Å². The molecule has 1 N–H and O–H groups in total. The number of carbonyl (C=O) groups excluding carboxylic acids is 1. The molecule has 2 aromatic rings. The molecule has 0 amide bonds. The van der Waals surface area contributed by atoms with Crippen molar-refractivity contribution in [2.45, 2.75) is 23.8 Å². The van der Waals surface area contributed by atoms with Gasteiger partial charge in [-0.15, -0.1) is 0 Å². The third-order valence-electron chi connectivity index (χ3n) is 4.18. The third-order valence-corrected chi connectivity index (χ3v) is 6.03. The quantitative estimate of drug-likeness (QED) is 0.734. The van der Waals surface area contributed by atoms with Crippen molar-refractivity contribution in [1.29, 1.82) is 0 Å². The van der Waals surface area contributed by atoms with E-state index in [2.05, 4.69) is 25.1 Å². The van der Waals surface area contributed by atoms with Gasteiger partial charge < -0.3 is 10.1 Å². The van der Waals surface area contributed by atoms with Crippen molar-refractivity contribution in [3.8, 4) is 0 Å². The van der Waals surface area contributed by atoms with Crippen molar-refractivity contribution in [1.82, 2.24) is 24.1 Å². The average Bonchev–Trinajstić information content (AvgIpc) is 3.09. The number of ether oxygens (including phenoxy) is 1. The fourth-order valence-electron chi connectivity index (χ4n) is 2.73. The molecule has 26 heavy (non-hydrogen) atoms. The van der Waals surface area contributed by atoms with Crippen LogP contribution >= 0.6 is 0 Å². The van der Waals surface area contributed by atoms with Crippen LogP contribution in [0.25, 0.3) is 0 Å². The molecule has 1 saturated heterocycles. The van der Waals surface area contributed by atoms with Gasteiger partial charge in [0.1, 0.15) is 4.90 Å². The largest absolute Gasteiger partial charge is 0.465 e. The molecule has 0 unspecified atom stereocenters. The van der Waals surface area contributed by atoms with Gasteiger partial charge in [0, 0.05) is 44.8 Å². The molecule has 3 heterocycles. The maximum atomic E-state index is 12.6. The highest BCUT2D eigenvalue weighted by atomic mass is 32.2. The Morgan fingerprint density at radius 1 is 1.23 bits per heavy atom. The zero-order chi connectivity index (χ0) is 18.7. The van der Waals surface area contributed by atoms with E-state index in [9.17, 15) is 13.2 Å². The zero-order valence-electron chi connectivity index (χ0n) is 14.5. The van der Waals surface area contributed by atoms with Gasteiger partial charge in [-0.3, -0.25) is 4.68 Å². The van der Waals surface area contributed by atoms with Crippen molar-refractivity contribution >= 4 is 21.9 Å². The molecule has 10 nitrogen and oxygen atoms in total. The molecule has 1 aliphatic heterocycles. The molecule has 0 radical (unpaired) electrons. The van der Waals surface area contributed by atoms with E-state index in [1.165, 1.54) is 40.9 Å². The van der Waals surface area contributed by atoms with Crippen LogP contribution in [0.5, 0.6) is 0 Å². The SMILES string of the molecule is COC(=O)c1cnc(NC2CCN(S(=O)(=O)c3cnn(C)c3)CC2)nc1. The molecule has 3 rings (SSSR count). The van der Waals surface area contributed by atoms with Crippen LogP contribution in [0.15, 0.2) is 29.7 Å². The number of esters is 1. The Labute approximate surface area is 151 Å². The summed E-state index contributed by atoms with van der Waals surface area (Å²) in [5.41, 5.74) is 0.274. The number of nitrogens with zero attached hydrogens (tertiary/aromatic N) is 5. The average molecular weight is 380 g/mol. The van der Waals surface area contributed by atoms with Crippen LogP contribution in [0, 0.1) is 0 Å². The standard InChI is InChI=1S/C15H20N6O4S/c1-20-10-13(9-18-20)26(23,24)21-5-3-12(4-6-21)19-15-16-7-11(8-17-15)14(22)25-2/h7-10,12H,3-6H2,1-2H3,(H,16,17,19). The summed E-state index contributed by atoms with van der Waals surface area (Å²) in [4.78, 5) is 19.8. The Morgan fingerprint density at radius 3 is 2.42 bits per heavy atom. The zero-order valence-corrected chi connectivity index (χ0v) is 15.3. The number of anilines is 1. The number of sulfonamides is 1. The highest BCUT2D eigenvalue weighted by Crippen LogP contribution is 2.21.